The van der Waals surface area contributed by atoms with Crippen molar-refractivity contribution < 1.29 is 13.6 Å². The van der Waals surface area contributed by atoms with Gasteiger partial charge in [0.2, 0.25) is 11.8 Å². The van der Waals surface area contributed by atoms with Crippen molar-refractivity contribution in [2.24, 2.45) is 35.3 Å². The molecule has 0 bridgehead atoms. The van der Waals surface area contributed by atoms with Gasteiger partial charge in [0, 0.05) is 18.9 Å². The highest BCUT2D eigenvalue weighted by molar-refractivity contribution is 5.76. The van der Waals surface area contributed by atoms with Crippen LogP contribution < -0.4 is 5.73 Å². The number of hydrogen-bond donors (Lipinski definition) is 1. The standard InChI is InChI=1S/C26H35FN4O2/c1-16(2)22-13-19(14-24-29-30-26(33-24)21-6-4-5-7-23(21)27)17(3)12-20(22)15-31-10-8-18(9-11-31)25(28)32/h4-7,12,16,18-20,22H,8-11,13-15H2,1-3H3,(H2,28,32). The van der Waals surface area contributed by atoms with Crippen molar-refractivity contribution in [1.82, 2.24) is 15.1 Å². The predicted octanol–water partition coefficient (Wildman–Crippen LogP) is 4.47. The van der Waals surface area contributed by atoms with Crippen LogP contribution in [0.15, 0.2) is 40.3 Å². The number of benzene rings is 1. The Morgan fingerprint density at radius 2 is 1.97 bits per heavy atom. The molecule has 6 nitrogen and oxygen atoms in total. The number of rotatable bonds is 7. The fourth-order valence-electron chi connectivity index (χ4n) is 5.47. The van der Waals surface area contributed by atoms with E-state index in [9.17, 15) is 9.18 Å². The predicted molar refractivity (Wildman–Crippen MR) is 125 cm³/mol. The van der Waals surface area contributed by atoms with Gasteiger partial charge in [0.05, 0.1) is 5.56 Å². The van der Waals surface area contributed by atoms with E-state index >= 15 is 0 Å². The van der Waals surface area contributed by atoms with Crippen LogP contribution in [-0.2, 0) is 11.2 Å². The summed E-state index contributed by atoms with van der Waals surface area (Å²) in [5.74, 6) is 2.24. The van der Waals surface area contributed by atoms with E-state index in [1.54, 1.807) is 18.2 Å². The van der Waals surface area contributed by atoms with Gasteiger partial charge in [0.15, 0.2) is 0 Å². The topological polar surface area (TPSA) is 85.2 Å². The van der Waals surface area contributed by atoms with Crippen molar-refractivity contribution in [3.8, 4) is 11.5 Å². The first kappa shape index (κ1) is 23.6. The molecular weight excluding hydrogens is 419 g/mol. The number of primary amides is 1. The number of carbonyl (C=O) groups is 1. The van der Waals surface area contributed by atoms with E-state index in [2.05, 4.69) is 41.9 Å². The lowest BCUT2D eigenvalue weighted by molar-refractivity contribution is -0.123. The second-order valence-corrected chi connectivity index (χ2v) is 10.1. The number of amides is 1. The number of aromatic nitrogens is 2. The maximum atomic E-state index is 14.1. The van der Waals surface area contributed by atoms with Gasteiger partial charge >= 0.3 is 0 Å². The van der Waals surface area contributed by atoms with E-state index in [-0.39, 0.29) is 23.5 Å². The Bertz CT molecular complexity index is 994. The van der Waals surface area contributed by atoms with E-state index in [0.717, 1.165) is 38.9 Å². The van der Waals surface area contributed by atoms with Gasteiger partial charge in [-0.25, -0.2) is 4.39 Å². The molecule has 1 aromatic heterocycles. The quantitative estimate of drug-likeness (QED) is 0.624. The molecule has 2 aromatic rings. The number of carbonyl (C=O) groups excluding carboxylic acids is 1. The number of nitrogens with zero attached hydrogens (tertiary/aromatic N) is 3. The van der Waals surface area contributed by atoms with Gasteiger partial charge in [-0.15, -0.1) is 10.2 Å². The fourth-order valence-corrected chi connectivity index (χ4v) is 5.47. The highest BCUT2D eigenvalue weighted by atomic mass is 19.1. The molecule has 3 atom stereocenters. The van der Waals surface area contributed by atoms with E-state index in [4.69, 9.17) is 10.2 Å². The van der Waals surface area contributed by atoms with Gasteiger partial charge in [0.1, 0.15) is 5.82 Å². The minimum atomic E-state index is -0.357. The maximum Gasteiger partial charge on any atom is 0.250 e. The molecule has 2 aliphatic rings. The zero-order valence-electron chi connectivity index (χ0n) is 19.8. The first-order chi connectivity index (χ1) is 15.8. The number of nitrogens with two attached hydrogens (primary N) is 1. The highest BCUT2D eigenvalue weighted by Crippen LogP contribution is 2.39. The molecule has 4 rings (SSSR count). The van der Waals surface area contributed by atoms with Crippen LogP contribution >= 0.6 is 0 Å². The Hall–Kier alpha value is -2.54. The smallest absolute Gasteiger partial charge is 0.250 e. The van der Waals surface area contributed by atoms with Crippen molar-refractivity contribution in [3.05, 3.63) is 47.6 Å². The molecule has 178 valence electrons. The summed E-state index contributed by atoms with van der Waals surface area (Å²) in [6.07, 6.45) is 5.90. The summed E-state index contributed by atoms with van der Waals surface area (Å²) >= 11 is 0. The van der Waals surface area contributed by atoms with Crippen molar-refractivity contribution in [3.63, 3.8) is 0 Å². The van der Waals surface area contributed by atoms with Gasteiger partial charge in [0.25, 0.3) is 5.89 Å². The molecule has 0 radical (unpaired) electrons. The molecule has 1 aliphatic heterocycles. The molecule has 3 unspecified atom stereocenters. The molecule has 2 heterocycles. The van der Waals surface area contributed by atoms with Crippen LogP contribution in [0.3, 0.4) is 0 Å². The third-order valence-electron chi connectivity index (χ3n) is 7.53. The molecular formula is C26H35FN4O2. The minimum Gasteiger partial charge on any atom is -0.421 e. The van der Waals surface area contributed by atoms with Gasteiger partial charge < -0.3 is 15.1 Å². The number of likely N-dealkylation sites (tertiary alicyclic amines) is 1. The van der Waals surface area contributed by atoms with Crippen LogP contribution in [0.4, 0.5) is 4.39 Å². The van der Waals surface area contributed by atoms with E-state index < -0.39 is 0 Å². The summed E-state index contributed by atoms with van der Waals surface area (Å²) in [4.78, 5) is 14.0. The van der Waals surface area contributed by atoms with E-state index in [1.807, 2.05) is 0 Å². The normalized spacial score (nSPS) is 24.8. The molecule has 1 aliphatic carbocycles. The summed E-state index contributed by atoms with van der Waals surface area (Å²) in [6, 6.07) is 6.47. The summed E-state index contributed by atoms with van der Waals surface area (Å²) in [5, 5.41) is 8.30. The zero-order valence-corrected chi connectivity index (χ0v) is 19.8. The first-order valence-electron chi connectivity index (χ1n) is 12.1. The van der Waals surface area contributed by atoms with Crippen LogP contribution in [0.5, 0.6) is 0 Å². The summed E-state index contributed by atoms with van der Waals surface area (Å²) < 4.78 is 19.9. The molecule has 33 heavy (non-hydrogen) atoms. The Labute approximate surface area is 195 Å². The van der Waals surface area contributed by atoms with Gasteiger partial charge in [-0.2, -0.15) is 0 Å². The van der Waals surface area contributed by atoms with Crippen molar-refractivity contribution in [2.45, 2.75) is 46.5 Å². The van der Waals surface area contributed by atoms with Crippen LogP contribution in [-0.4, -0.2) is 40.6 Å². The monoisotopic (exact) mass is 454 g/mol. The lowest BCUT2D eigenvalue weighted by Crippen LogP contribution is -2.43. The largest absolute Gasteiger partial charge is 0.421 e. The minimum absolute atomic E-state index is 0.0267. The molecule has 7 heteroatoms. The van der Waals surface area contributed by atoms with Crippen molar-refractivity contribution in [1.29, 1.82) is 0 Å². The van der Waals surface area contributed by atoms with Crippen LogP contribution in [0.1, 0.15) is 45.9 Å². The Balaban J connectivity index is 1.43. The molecule has 1 aromatic carbocycles. The molecule has 0 spiro atoms. The number of hydrogen-bond acceptors (Lipinski definition) is 5. The van der Waals surface area contributed by atoms with Crippen molar-refractivity contribution in [2.75, 3.05) is 19.6 Å². The van der Waals surface area contributed by atoms with E-state index in [1.165, 1.54) is 11.6 Å². The lowest BCUT2D eigenvalue weighted by Gasteiger charge is -2.40. The third-order valence-corrected chi connectivity index (χ3v) is 7.53. The first-order valence-corrected chi connectivity index (χ1v) is 12.1. The van der Waals surface area contributed by atoms with E-state index in [0.29, 0.717) is 41.5 Å². The summed E-state index contributed by atoms with van der Waals surface area (Å²) in [5.41, 5.74) is 7.19. The van der Waals surface area contributed by atoms with Crippen LogP contribution in [0.25, 0.3) is 11.5 Å². The van der Waals surface area contributed by atoms with Crippen LogP contribution in [0, 0.1) is 35.4 Å². The average molecular weight is 455 g/mol. The average Bonchev–Trinajstić information content (AvgIpc) is 3.24. The Morgan fingerprint density at radius 1 is 1.24 bits per heavy atom. The Kier molecular flexibility index (Phi) is 7.27. The molecule has 2 N–H and O–H groups in total. The SMILES string of the molecule is CC1=CC(CN2CCC(C(N)=O)CC2)C(C(C)C)CC1Cc1nnc(-c2ccccc2F)o1. The van der Waals surface area contributed by atoms with Gasteiger partial charge in [-0.3, -0.25) is 4.79 Å². The lowest BCUT2D eigenvalue weighted by atomic mass is 9.69. The number of allylic oxidation sites excluding steroid dienone is 1. The van der Waals surface area contributed by atoms with Crippen LogP contribution in [0.2, 0.25) is 0 Å². The second kappa shape index (κ2) is 10.2. The molecule has 0 saturated carbocycles. The third kappa shape index (κ3) is 5.52. The maximum absolute atomic E-state index is 14.1. The molecule has 1 amide bonds. The number of piperidine rings is 1. The van der Waals surface area contributed by atoms with Gasteiger partial charge in [-0.05, 0) is 75.1 Å². The van der Waals surface area contributed by atoms with Crippen molar-refractivity contribution >= 4 is 5.91 Å². The highest BCUT2D eigenvalue weighted by Gasteiger charge is 2.34. The molecule has 1 saturated heterocycles. The summed E-state index contributed by atoms with van der Waals surface area (Å²) in [6.45, 7) is 9.69. The summed E-state index contributed by atoms with van der Waals surface area (Å²) in [7, 11) is 0. The van der Waals surface area contributed by atoms with Gasteiger partial charge in [-0.1, -0.05) is 37.6 Å². The fraction of sp³-hybridized carbons (Fsp3) is 0.577. The zero-order chi connectivity index (χ0) is 23.5. The Morgan fingerprint density at radius 3 is 2.64 bits per heavy atom. The second-order valence-electron chi connectivity index (χ2n) is 10.1. The number of halogens is 1. The molecule has 1 fully saturated rings.